The third-order valence-corrected chi connectivity index (χ3v) is 4.18. The van der Waals surface area contributed by atoms with Crippen molar-refractivity contribution in [2.75, 3.05) is 26.2 Å². The Morgan fingerprint density at radius 2 is 1.91 bits per heavy atom. The van der Waals surface area contributed by atoms with Gasteiger partial charge in [0.05, 0.1) is 9.09 Å². The van der Waals surface area contributed by atoms with Gasteiger partial charge in [-0.25, -0.2) is 4.98 Å². The number of halogens is 3. The Balaban J connectivity index is 0.00000242. The molecule has 2 aromatic rings. The summed E-state index contributed by atoms with van der Waals surface area (Å²) in [6.45, 7) is 7.71. The summed E-state index contributed by atoms with van der Waals surface area (Å²) in [6.07, 6.45) is 3.50. The lowest BCUT2D eigenvalue weighted by molar-refractivity contribution is 0.0944. The lowest BCUT2D eigenvalue weighted by atomic mass is 10.2. The lowest BCUT2D eigenvalue weighted by Gasteiger charge is -2.17. The van der Waals surface area contributed by atoms with Gasteiger partial charge in [-0.15, -0.1) is 24.8 Å². The second-order valence-corrected chi connectivity index (χ2v) is 5.83. The predicted octanol–water partition coefficient (Wildman–Crippen LogP) is 3.15. The average Bonchev–Trinajstić information content (AvgIpc) is 2.51. The van der Waals surface area contributed by atoms with E-state index in [9.17, 15) is 4.79 Å². The van der Waals surface area contributed by atoms with E-state index in [1.54, 1.807) is 18.5 Å². The Hall–Kier alpha value is -0.700. The summed E-state index contributed by atoms with van der Waals surface area (Å²) >= 11 is 2.18. The van der Waals surface area contributed by atoms with E-state index < -0.39 is 0 Å². The average molecular weight is 471 g/mol. The number of hydrogen-bond acceptors (Lipinski definition) is 4. The van der Waals surface area contributed by atoms with Crippen molar-refractivity contribution in [3.63, 3.8) is 0 Å². The molecule has 23 heavy (non-hydrogen) atoms. The number of rotatable bonds is 6. The van der Waals surface area contributed by atoms with Gasteiger partial charge in [-0.3, -0.25) is 9.78 Å². The largest absolute Gasteiger partial charge is 0.349 e. The predicted molar refractivity (Wildman–Crippen MR) is 107 cm³/mol. The maximum Gasteiger partial charge on any atom is 0.269 e. The van der Waals surface area contributed by atoms with E-state index in [1.807, 2.05) is 6.07 Å². The Bertz CT molecular complexity index is 638. The zero-order valence-electron chi connectivity index (χ0n) is 13.1. The molecule has 0 saturated carbocycles. The Kier molecular flexibility index (Phi) is 10.6. The molecule has 2 aromatic heterocycles. The molecular formula is C15H21Cl2IN4O. The van der Waals surface area contributed by atoms with Gasteiger partial charge in [0.1, 0.15) is 5.69 Å². The minimum atomic E-state index is -0.128. The quantitative estimate of drug-likeness (QED) is 0.659. The molecule has 2 heterocycles. The van der Waals surface area contributed by atoms with Crippen molar-refractivity contribution in [1.82, 2.24) is 20.2 Å². The molecule has 0 saturated heterocycles. The maximum absolute atomic E-state index is 12.1. The smallest absolute Gasteiger partial charge is 0.269 e. The number of carbonyl (C=O) groups is 1. The summed E-state index contributed by atoms with van der Waals surface area (Å²) < 4.78 is 0.947. The Labute approximate surface area is 162 Å². The number of nitrogens with zero attached hydrogens (tertiary/aromatic N) is 3. The van der Waals surface area contributed by atoms with Gasteiger partial charge in [-0.1, -0.05) is 13.8 Å². The number of likely N-dealkylation sites (N-methyl/N-ethyl adjacent to an activating group) is 1. The van der Waals surface area contributed by atoms with Gasteiger partial charge >= 0.3 is 0 Å². The number of aromatic nitrogens is 2. The van der Waals surface area contributed by atoms with Gasteiger partial charge in [-0.2, -0.15) is 0 Å². The normalized spacial score (nSPS) is 10.1. The second kappa shape index (κ2) is 11.0. The molecule has 0 aromatic carbocycles. The highest BCUT2D eigenvalue weighted by atomic mass is 127. The molecule has 0 aliphatic carbocycles. The molecule has 1 N–H and O–H groups in total. The molecule has 0 fully saturated rings. The number of hydrogen-bond donors (Lipinski definition) is 1. The van der Waals surface area contributed by atoms with Gasteiger partial charge in [0.15, 0.2) is 0 Å². The molecule has 128 valence electrons. The number of carbonyl (C=O) groups excluding carboxylic acids is 1. The van der Waals surface area contributed by atoms with Crippen LogP contribution < -0.4 is 5.32 Å². The fraction of sp³-hybridized carbons (Fsp3) is 0.400. The van der Waals surface area contributed by atoms with Crippen molar-refractivity contribution in [2.24, 2.45) is 0 Å². The number of nitrogens with one attached hydrogen (secondary N) is 1. The molecule has 0 bridgehead atoms. The topological polar surface area (TPSA) is 58.1 Å². The minimum absolute atomic E-state index is 0. The summed E-state index contributed by atoms with van der Waals surface area (Å²) in [5.74, 6) is -0.128. The van der Waals surface area contributed by atoms with Gasteiger partial charge in [0, 0.05) is 30.9 Å². The monoisotopic (exact) mass is 470 g/mol. The lowest BCUT2D eigenvalue weighted by Crippen LogP contribution is -2.35. The molecule has 2 rings (SSSR count). The van der Waals surface area contributed by atoms with Gasteiger partial charge in [-0.05, 0) is 47.8 Å². The maximum atomic E-state index is 12.1. The van der Waals surface area contributed by atoms with Crippen LogP contribution >= 0.6 is 47.4 Å². The van der Waals surface area contributed by atoms with Crippen molar-refractivity contribution in [3.05, 3.63) is 33.8 Å². The van der Waals surface area contributed by atoms with Crippen LogP contribution in [0.15, 0.2) is 24.5 Å². The highest BCUT2D eigenvalue weighted by molar-refractivity contribution is 14.1. The first-order valence-electron chi connectivity index (χ1n) is 7.06. The van der Waals surface area contributed by atoms with Crippen LogP contribution in [0.4, 0.5) is 0 Å². The fourth-order valence-electron chi connectivity index (χ4n) is 2.09. The highest BCUT2D eigenvalue weighted by Crippen LogP contribution is 2.17. The summed E-state index contributed by atoms with van der Waals surface area (Å²) in [5.41, 5.74) is 1.27. The first-order chi connectivity index (χ1) is 10.2. The molecule has 0 radical (unpaired) electrons. The standard InChI is InChI=1S/C15H19IN4O.2ClH/c1-3-20(4-2)8-7-18-15(21)13-6-5-11-9-17-10-12(16)14(11)19-13;;/h5-6,9-10H,3-4,7-8H2,1-2H3,(H,18,21);2*1H. The zero-order valence-corrected chi connectivity index (χ0v) is 16.9. The Morgan fingerprint density at radius 1 is 1.22 bits per heavy atom. The van der Waals surface area contributed by atoms with Crippen molar-refractivity contribution in [3.8, 4) is 0 Å². The molecule has 5 nitrogen and oxygen atoms in total. The number of amides is 1. The van der Waals surface area contributed by atoms with Gasteiger partial charge in [0.25, 0.3) is 5.91 Å². The summed E-state index contributed by atoms with van der Waals surface area (Å²) in [4.78, 5) is 23.0. The van der Waals surface area contributed by atoms with E-state index in [2.05, 4.69) is 56.6 Å². The summed E-state index contributed by atoms with van der Waals surface area (Å²) in [6, 6.07) is 3.63. The zero-order chi connectivity index (χ0) is 15.2. The van der Waals surface area contributed by atoms with Crippen molar-refractivity contribution >= 4 is 64.2 Å². The van der Waals surface area contributed by atoms with Gasteiger partial charge < -0.3 is 10.2 Å². The van der Waals surface area contributed by atoms with E-state index in [-0.39, 0.29) is 30.7 Å². The van der Waals surface area contributed by atoms with E-state index in [1.165, 1.54) is 0 Å². The molecule has 0 atom stereocenters. The molecule has 8 heteroatoms. The van der Waals surface area contributed by atoms with E-state index in [0.29, 0.717) is 12.2 Å². The summed E-state index contributed by atoms with van der Waals surface area (Å²) in [7, 11) is 0. The van der Waals surface area contributed by atoms with Crippen LogP contribution in [0.2, 0.25) is 0 Å². The molecule has 1 amide bonds. The van der Waals surface area contributed by atoms with Crippen LogP contribution in [0.3, 0.4) is 0 Å². The van der Waals surface area contributed by atoms with Crippen molar-refractivity contribution in [2.45, 2.75) is 13.8 Å². The second-order valence-electron chi connectivity index (χ2n) is 4.67. The van der Waals surface area contributed by atoms with Crippen molar-refractivity contribution in [1.29, 1.82) is 0 Å². The Morgan fingerprint density at radius 3 is 2.57 bits per heavy atom. The van der Waals surface area contributed by atoms with E-state index in [0.717, 1.165) is 34.1 Å². The minimum Gasteiger partial charge on any atom is -0.349 e. The van der Waals surface area contributed by atoms with Crippen LogP contribution in [0.5, 0.6) is 0 Å². The van der Waals surface area contributed by atoms with Crippen LogP contribution in [-0.2, 0) is 0 Å². The SMILES string of the molecule is CCN(CC)CCNC(=O)c1ccc2cncc(I)c2n1.Cl.Cl. The third kappa shape index (κ3) is 6.02. The molecular weight excluding hydrogens is 450 g/mol. The molecule has 0 aliphatic rings. The third-order valence-electron chi connectivity index (χ3n) is 3.39. The number of pyridine rings is 2. The molecule has 0 spiro atoms. The summed E-state index contributed by atoms with van der Waals surface area (Å²) in [5, 5.41) is 3.87. The number of fused-ring (bicyclic) bond motifs is 1. The van der Waals surface area contributed by atoms with E-state index in [4.69, 9.17) is 0 Å². The van der Waals surface area contributed by atoms with Crippen LogP contribution in [-0.4, -0.2) is 47.0 Å². The van der Waals surface area contributed by atoms with Crippen LogP contribution in [0, 0.1) is 3.57 Å². The van der Waals surface area contributed by atoms with Crippen LogP contribution in [0.25, 0.3) is 10.9 Å². The van der Waals surface area contributed by atoms with Gasteiger partial charge in [0.2, 0.25) is 0 Å². The molecule has 0 unspecified atom stereocenters. The first kappa shape index (κ1) is 22.3. The highest BCUT2D eigenvalue weighted by Gasteiger charge is 2.09. The van der Waals surface area contributed by atoms with Crippen LogP contribution in [0.1, 0.15) is 24.3 Å². The van der Waals surface area contributed by atoms with Crippen molar-refractivity contribution < 1.29 is 4.79 Å². The molecule has 0 aliphatic heterocycles. The first-order valence-corrected chi connectivity index (χ1v) is 8.14. The fourth-order valence-corrected chi connectivity index (χ4v) is 2.69. The van der Waals surface area contributed by atoms with E-state index >= 15 is 0 Å².